The second kappa shape index (κ2) is 9.80. The largest absolute Gasteiger partial charge is 0.497 e. The third-order valence-electron chi connectivity index (χ3n) is 7.60. The van der Waals surface area contributed by atoms with E-state index in [4.69, 9.17) is 4.74 Å². The molecular weight excluding hydrogens is 534 g/mol. The zero-order chi connectivity index (χ0) is 27.2. The zero-order valence-electron chi connectivity index (χ0n) is 21.8. The fourth-order valence-corrected chi connectivity index (χ4v) is 6.77. The quantitative estimate of drug-likeness (QED) is 0.320. The lowest BCUT2D eigenvalue weighted by Crippen LogP contribution is -2.39. The van der Waals surface area contributed by atoms with Crippen molar-refractivity contribution in [1.29, 1.82) is 0 Å². The molecule has 202 valence electrons. The van der Waals surface area contributed by atoms with Crippen LogP contribution < -0.4 is 15.0 Å². The number of benzene rings is 2. The van der Waals surface area contributed by atoms with Crippen molar-refractivity contribution in [3.8, 4) is 11.4 Å². The number of nitrogens with one attached hydrogen (secondary N) is 1. The summed E-state index contributed by atoms with van der Waals surface area (Å²) in [5.74, 6) is 0.388. The summed E-state index contributed by atoms with van der Waals surface area (Å²) >= 11 is 1.60. The molecule has 0 spiro atoms. The number of anilines is 2. The smallest absolute Gasteiger partial charge is 0.277 e. The molecule has 1 N–H and O–H groups in total. The number of rotatable bonds is 9. The summed E-state index contributed by atoms with van der Waals surface area (Å²) < 4.78 is 31.8. The fraction of sp³-hybridized carbons (Fsp3) is 0.321. The van der Waals surface area contributed by atoms with Gasteiger partial charge in [0, 0.05) is 42.2 Å². The summed E-state index contributed by atoms with van der Waals surface area (Å²) in [4.78, 5) is 19.9. The SMILES string of the molecule is COc1ccc(-n2nc(S(C)(=O)=O)c3c2C(=O)N(c2ccc(C4(CCNc5nccs5)CC4)cc2)CC3)cc1. The Morgan fingerprint density at radius 1 is 1.08 bits per heavy atom. The van der Waals surface area contributed by atoms with Gasteiger partial charge < -0.3 is 15.0 Å². The van der Waals surface area contributed by atoms with Crippen LogP contribution in [0.5, 0.6) is 5.75 Å². The van der Waals surface area contributed by atoms with E-state index in [9.17, 15) is 13.2 Å². The third-order valence-corrected chi connectivity index (χ3v) is 9.37. The molecule has 1 amide bonds. The van der Waals surface area contributed by atoms with E-state index in [0.29, 0.717) is 30.0 Å². The highest BCUT2D eigenvalue weighted by atomic mass is 32.2. The van der Waals surface area contributed by atoms with Crippen molar-refractivity contribution in [2.24, 2.45) is 0 Å². The van der Waals surface area contributed by atoms with Gasteiger partial charge in [0.2, 0.25) is 0 Å². The standard InChI is InChI=1S/C28H29N5O4S2/c1-37-22-9-7-21(8-10-22)33-24-23(25(31-33)39(2,35)36)11-17-32(26(24)34)20-5-3-19(4-6-20)28(12-13-28)14-15-29-27-30-16-18-38-27/h3-10,16,18H,11-15,17H2,1-2H3,(H,29,30). The van der Waals surface area contributed by atoms with Gasteiger partial charge in [0.25, 0.3) is 5.91 Å². The van der Waals surface area contributed by atoms with Gasteiger partial charge in [0.15, 0.2) is 20.0 Å². The maximum Gasteiger partial charge on any atom is 0.277 e. The lowest BCUT2D eigenvalue weighted by atomic mass is 9.92. The van der Waals surface area contributed by atoms with Crippen LogP contribution in [-0.2, 0) is 21.7 Å². The molecule has 0 bridgehead atoms. The second-order valence-corrected chi connectivity index (χ2v) is 12.9. The van der Waals surface area contributed by atoms with Gasteiger partial charge in [-0.1, -0.05) is 12.1 Å². The van der Waals surface area contributed by atoms with Gasteiger partial charge in [-0.3, -0.25) is 4.79 Å². The summed E-state index contributed by atoms with van der Waals surface area (Å²) in [5.41, 5.74) is 3.57. The number of hydrogen-bond donors (Lipinski definition) is 1. The Balaban J connectivity index is 1.26. The summed E-state index contributed by atoms with van der Waals surface area (Å²) in [7, 11) is -2.05. The normalized spacial score (nSPS) is 16.2. The zero-order valence-corrected chi connectivity index (χ0v) is 23.4. The molecule has 1 aliphatic heterocycles. The minimum atomic E-state index is -3.62. The topological polar surface area (TPSA) is 106 Å². The predicted octanol–water partition coefficient (Wildman–Crippen LogP) is 4.48. The number of nitrogens with zero attached hydrogens (tertiary/aromatic N) is 4. The van der Waals surface area contributed by atoms with Gasteiger partial charge in [0.05, 0.1) is 12.8 Å². The molecule has 9 nitrogen and oxygen atoms in total. The van der Waals surface area contributed by atoms with Crippen LogP contribution in [0.4, 0.5) is 10.8 Å². The van der Waals surface area contributed by atoms with Crippen LogP contribution in [-0.4, -0.2) is 55.5 Å². The summed E-state index contributed by atoms with van der Waals surface area (Å²) in [6, 6.07) is 15.3. The number of aromatic nitrogens is 3. The molecule has 0 saturated heterocycles. The van der Waals surface area contributed by atoms with Crippen molar-refractivity contribution in [3.05, 3.63) is 76.9 Å². The number of fused-ring (bicyclic) bond motifs is 1. The van der Waals surface area contributed by atoms with E-state index in [0.717, 1.165) is 42.9 Å². The molecule has 2 aromatic heterocycles. The Hall–Kier alpha value is -3.70. The third kappa shape index (κ3) is 4.80. The summed E-state index contributed by atoms with van der Waals surface area (Å²) in [5, 5.41) is 10.7. The summed E-state index contributed by atoms with van der Waals surface area (Å²) in [6.45, 7) is 1.24. The summed E-state index contributed by atoms with van der Waals surface area (Å²) in [6.07, 6.45) is 6.64. The first kappa shape index (κ1) is 25.6. The lowest BCUT2D eigenvalue weighted by molar-refractivity contribution is 0.0973. The number of carbonyl (C=O) groups is 1. The van der Waals surface area contributed by atoms with Crippen LogP contribution in [0.15, 0.2) is 65.1 Å². The maximum atomic E-state index is 13.9. The van der Waals surface area contributed by atoms with Crippen LogP contribution in [0.1, 0.15) is 40.9 Å². The average molecular weight is 564 g/mol. The van der Waals surface area contributed by atoms with Gasteiger partial charge in [-0.2, -0.15) is 5.10 Å². The molecule has 0 radical (unpaired) electrons. The molecule has 1 fully saturated rings. The Kier molecular flexibility index (Phi) is 6.43. The number of thiazole rings is 1. The van der Waals surface area contributed by atoms with E-state index in [-0.39, 0.29) is 22.0 Å². The minimum Gasteiger partial charge on any atom is -0.497 e. The van der Waals surface area contributed by atoms with E-state index in [1.807, 2.05) is 17.5 Å². The van der Waals surface area contributed by atoms with Gasteiger partial charge in [-0.25, -0.2) is 18.1 Å². The van der Waals surface area contributed by atoms with Crippen LogP contribution in [0.2, 0.25) is 0 Å². The van der Waals surface area contributed by atoms with E-state index < -0.39 is 9.84 Å². The van der Waals surface area contributed by atoms with E-state index in [1.54, 1.807) is 53.8 Å². The highest BCUT2D eigenvalue weighted by Crippen LogP contribution is 2.51. The Bertz CT molecular complexity index is 1610. The molecule has 1 aliphatic carbocycles. The number of hydrogen-bond acceptors (Lipinski definition) is 8. The molecule has 6 rings (SSSR count). The minimum absolute atomic E-state index is 0.0429. The number of amides is 1. The molecule has 0 atom stereocenters. The van der Waals surface area contributed by atoms with Crippen LogP contribution in [0.25, 0.3) is 5.69 Å². The monoisotopic (exact) mass is 563 g/mol. The molecule has 11 heteroatoms. The van der Waals surface area contributed by atoms with Crippen molar-refractivity contribution >= 4 is 37.9 Å². The lowest BCUT2D eigenvalue weighted by Gasteiger charge is -2.28. The van der Waals surface area contributed by atoms with E-state index >= 15 is 0 Å². The molecule has 4 aromatic rings. The first-order valence-electron chi connectivity index (χ1n) is 12.8. The van der Waals surface area contributed by atoms with Crippen molar-refractivity contribution in [3.63, 3.8) is 0 Å². The van der Waals surface area contributed by atoms with Crippen LogP contribution in [0.3, 0.4) is 0 Å². The van der Waals surface area contributed by atoms with Gasteiger partial charge >= 0.3 is 0 Å². The average Bonchev–Trinajstić information content (AvgIpc) is 3.33. The molecule has 1 saturated carbocycles. The molecular formula is C28H29N5O4S2. The van der Waals surface area contributed by atoms with Crippen LogP contribution in [0, 0.1) is 0 Å². The Morgan fingerprint density at radius 2 is 1.79 bits per heavy atom. The number of carbonyl (C=O) groups excluding carboxylic acids is 1. The van der Waals surface area contributed by atoms with Crippen molar-refractivity contribution in [2.45, 2.75) is 36.1 Å². The first-order valence-corrected chi connectivity index (χ1v) is 15.6. The van der Waals surface area contributed by atoms with E-state index in [2.05, 4.69) is 27.5 Å². The van der Waals surface area contributed by atoms with Crippen molar-refractivity contribution in [1.82, 2.24) is 14.8 Å². The number of methoxy groups -OCH3 is 1. The highest BCUT2D eigenvalue weighted by molar-refractivity contribution is 7.90. The van der Waals surface area contributed by atoms with Gasteiger partial charge in [0.1, 0.15) is 11.4 Å². The Morgan fingerprint density at radius 3 is 2.41 bits per heavy atom. The second-order valence-electron chi connectivity index (χ2n) is 10.1. The Labute approximate surface area is 231 Å². The van der Waals surface area contributed by atoms with Crippen LogP contribution >= 0.6 is 11.3 Å². The van der Waals surface area contributed by atoms with Gasteiger partial charge in [-0.15, -0.1) is 11.3 Å². The van der Waals surface area contributed by atoms with Gasteiger partial charge in [-0.05, 0) is 73.1 Å². The first-order chi connectivity index (χ1) is 18.8. The van der Waals surface area contributed by atoms with Crippen molar-refractivity contribution in [2.75, 3.05) is 36.7 Å². The molecule has 3 heterocycles. The predicted molar refractivity (Wildman–Crippen MR) is 151 cm³/mol. The number of sulfone groups is 1. The highest BCUT2D eigenvalue weighted by Gasteiger charge is 2.43. The van der Waals surface area contributed by atoms with Crippen molar-refractivity contribution < 1.29 is 17.9 Å². The van der Waals surface area contributed by atoms with E-state index in [1.165, 1.54) is 10.2 Å². The fourth-order valence-electron chi connectivity index (χ4n) is 5.33. The number of ether oxygens (including phenoxy) is 1. The molecule has 2 aromatic carbocycles. The maximum absolute atomic E-state index is 13.9. The molecule has 0 unspecified atom stereocenters. The molecule has 39 heavy (non-hydrogen) atoms. The molecule has 2 aliphatic rings.